The molecule has 0 radical (unpaired) electrons. The van der Waals surface area contributed by atoms with Crippen molar-refractivity contribution in [2.75, 3.05) is 32.7 Å². The molecule has 1 amide bonds. The number of ether oxygens (including phenoxy) is 3. The predicted octanol–water partition coefficient (Wildman–Crippen LogP) is 4.39. The number of rotatable bonds is 7. The Kier molecular flexibility index (Phi) is 7.79. The van der Waals surface area contributed by atoms with Gasteiger partial charge in [-0.2, -0.15) is 18.2 Å². The van der Waals surface area contributed by atoms with E-state index in [1.807, 2.05) is 0 Å². The molecule has 3 heterocycles. The molecule has 3 aromatic rings. The zero-order chi connectivity index (χ0) is 28.4. The van der Waals surface area contributed by atoms with Gasteiger partial charge in [0, 0.05) is 43.1 Å². The van der Waals surface area contributed by atoms with E-state index in [0.29, 0.717) is 42.8 Å². The lowest BCUT2D eigenvalue weighted by Gasteiger charge is -2.23. The minimum absolute atomic E-state index is 0.0105. The molecule has 40 heavy (non-hydrogen) atoms. The number of nitrogens with one attached hydrogen (secondary N) is 2. The van der Waals surface area contributed by atoms with Gasteiger partial charge in [-0.1, -0.05) is 12.1 Å². The fraction of sp³-hybridized carbons (Fsp3) is 0.370. The van der Waals surface area contributed by atoms with Crippen LogP contribution in [0.4, 0.5) is 24.8 Å². The molecule has 2 aromatic carbocycles. The summed E-state index contributed by atoms with van der Waals surface area (Å²) in [5.41, 5.74) is 0.617. The monoisotopic (exact) mass is 559 g/mol. The van der Waals surface area contributed by atoms with Gasteiger partial charge in [0.05, 0.1) is 12.8 Å². The van der Waals surface area contributed by atoms with Crippen LogP contribution in [0.15, 0.2) is 42.6 Å². The number of benzene rings is 2. The average molecular weight is 560 g/mol. The van der Waals surface area contributed by atoms with Gasteiger partial charge in [0.2, 0.25) is 11.8 Å². The second-order valence-electron chi connectivity index (χ2n) is 9.53. The van der Waals surface area contributed by atoms with Gasteiger partial charge in [-0.05, 0) is 49.7 Å². The molecule has 2 aliphatic rings. The molecule has 1 atom stereocenters. The van der Waals surface area contributed by atoms with Gasteiger partial charge in [0.25, 0.3) is 5.91 Å². The summed E-state index contributed by atoms with van der Waals surface area (Å²) in [5.74, 6) is -0.876. The van der Waals surface area contributed by atoms with Crippen LogP contribution < -0.4 is 20.1 Å². The smallest absolute Gasteiger partial charge is 0.423 e. The van der Waals surface area contributed by atoms with E-state index in [4.69, 9.17) is 14.2 Å². The molecule has 0 bridgehead atoms. The number of halogens is 3. The van der Waals surface area contributed by atoms with E-state index in [1.54, 1.807) is 36.2 Å². The van der Waals surface area contributed by atoms with Gasteiger partial charge in [0.15, 0.2) is 0 Å². The minimum Gasteiger partial charge on any atom is -0.495 e. The molecule has 1 fully saturated rings. The largest absolute Gasteiger partial charge is 0.495 e. The van der Waals surface area contributed by atoms with Crippen molar-refractivity contribution in [3.8, 4) is 17.4 Å². The SMILES string of the molecule is COc1cc(C(=O)NC2CCOCC2)ccc1Nc1ncc(C(F)(F)F)c(Oc2cccc3c2C(O)N(C)C3)n1. The highest BCUT2D eigenvalue weighted by atomic mass is 19.4. The molecule has 3 N–H and O–H groups in total. The highest BCUT2D eigenvalue weighted by Gasteiger charge is 2.37. The lowest BCUT2D eigenvalue weighted by Crippen LogP contribution is -2.38. The predicted molar refractivity (Wildman–Crippen MR) is 138 cm³/mol. The normalized spacial score (nSPS) is 17.8. The van der Waals surface area contributed by atoms with Crippen LogP contribution in [0.2, 0.25) is 0 Å². The highest BCUT2D eigenvalue weighted by Crippen LogP contribution is 2.42. The van der Waals surface area contributed by atoms with Crippen molar-refractivity contribution in [1.82, 2.24) is 20.2 Å². The van der Waals surface area contributed by atoms with Crippen LogP contribution in [0.25, 0.3) is 0 Å². The molecular formula is C27H28F3N5O5. The van der Waals surface area contributed by atoms with Crippen molar-refractivity contribution in [2.45, 2.75) is 37.8 Å². The highest BCUT2D eigenvalue weighted by molar-refractivity contribution is 5.95. The summed E-state index contributed by atoms with van der Waals surface area (Å²) in [6.07, 6.45) is -3.76. The molecule has 10 nitrogen and oxygen atoms in total. The van der Waals surface area contributed by atoms with Crippen molar-refractivity contribution in [3.63, 3.8) is 0 Å². The summed E-state index contributed by atoms with van der Waals surface area (Å²) in [4.78, 5) is 22.2. The molecule has 2 aliphatic heterocycles. The van der Waals surface area contributed by atoms with Gasteiger partial charge >= 0.3 is 6.18 Å². The Labute approximate surface area is 228 Å². The van der Waals surface area contributed by atoms with E-state index >= 15 is 0 Å². The fourth-order valence-electron chi connectivity index (χ4n) is 4.65. The molecular weight excluding hydrogens is 531 g/mol. The number of aromatic nitrogens is 2. The molecule has 1 aromatic heterocycles. The molecule has 13 heteroatoms. The number of hydrogen-bond acceptors (Lipinski definition) is 9. The number of aliphatic hydroxyl groups excluding tert-OH is 1. The van der Waals surface area contributed by atoms with Crippen molar-refractivity contribution in [1.29, 1.82) is 0 Å². The molecule has 0 saturated carbocycles. The van der Waals surface area contributed by atoms with Gasteiger partial charge in [-0.25, -0.2) is 4.98 Å². The number of aliphatic hydroxyl groups is 1. The summed E-state index contributed by atoms with van der Waals surface area (Å²) in [6, 6.07) is 9.52. The third-order valence-corrected chi connectivity index (χ3v) is 6.78. The Morgan fingerprint density at radius 2 is 1.95 bits per heavy atom. The summed E-state index contributed by atoms with van der Waals surface area (Å²) in [5, 5.41) is 16.3. The average Bonchev–Trinajstić information content (AvgIpc) is 3.22. The maximum Gasteiger partial charge on any atom is 0.423 e. The number of anilines is 2. The first-order chi connectivity index (χ1) is 19.1. The van der Waals surface area contributed by atoms with E-state index in [9.17, 15) is 23.1 Å². The number of amides is 1. The zero-order valence-corrected chi connectivity index (χ0v) is 21.8. The second-order valence-corrected chi connectivity index (χ2v) is 9.53. The van der Waals surface area contributed by atoms with Crippen molar-refractivity contribution in [3.05, 3.63) is 64.8 Å². The van der Waals surface area contributed by atoms with Crippen molar-refractivity contribution < 1.29 is 37.3 Å². The Morgan fingerprint density at radius 1 is 1.18 bits per heavy atom. The van der Waals surface area contributed by atoms with E-state index < -0.39 is 23.8 Å². The number of fused-ring (bicyclic) bond motifs is 1. The quantitative estimate of drug-likeness (QED) is 0.388. The Hall–Kier alpha value is -3.94. The molecule has 1 saturated heterocycles. The van der Waals surface area contributed by atoms with Crippen LogP contribution in [-0.4, -0.2) is 59.3 Å². The third kappa shape index (κ3) is 5.81. The number of methoxy groups -OCH3 is 1. The van der Waals surface area contributed by atoms with Crippen LogP contribution in [0.3, 0.4) is 0 Å². The van der Waals surface area contributed by atoms with Crippen LogP contribution in [0, 0.1) is 0 Å². The topological polar surface area (TPSA) is 118 Å². The first kappa shape index (κ1) is 27.6. The molecule has 0 spiro atoms. The Morgan fingerprint density at radius 3 is 2.67 bits per heavy atom. The van der Waals surface area contributed by atoms with Crippen LogP contribution in [-0.2, 0) is 17.5 Å². The molecule has 212 valence electrons. The second kappa shape index (κ2) is 11.3. The maximum absolute atomic E-state index is 13.8. The lowest BCUT2D eigenvalue weighted by molar-refractivity contribution is -0.139. The van der Waals surface area contributed by atoms with Crippen LogP contribution in [0.5, 0.6) is 17.4 Å². The molecule has 1 unspecified atom stereocenters. The molecule has 0 aliphatic carbocycles. The van der Waals surface area contributed by atoms with Crippen molar-refractivity contribution >= 4 is 17.5 Å². The van der Waals surface area contributed by atoms with Crippen LogP contribution in [0.1, 0.15) is 46.1 Å². The van der Waals surface area contributed by atoms with E-state index in [1.165, 1.54) is 19.2 Å². The number of alkyl halides is 3. The standard InChI is InChI=1S/C27H28F3N5O5/c1-35-14-16-4-3-5-20(22(16)25(35)37)40-24-18(27(28,29)30)13-31-26(34-24)33-19-7-6-15(12-21(19)38-2)23(36)32-17-8-10-39-11-9-17/h3-7,12-13,17,25,37H,8-11,14H2,1-2H3,(H,32,36)(H,31,33,34). The van der Waals surface area contributed by atoms with Gasteiger partial charge in [0.1, 0.15) is 23.3 Å². The maximum atomic E-state index is 13.8. The number of carbonyl (C=O) groups excluding carboxylic acids is 1. The summed E-state index contributed by atoms with van der Waals surface area (Å²) >= 11 is 0. The summed E-state index contributed by atoms with van der Waals surface area (Å²) in [6.45, 7) is 1.58. The van der Waals surface area contributed by atoms with Gasteiger partial charge in [-0.15, -0.1) is 0 Å². The lowest BCUT2D eigenvalue weighted by atomic mass is 10.1. The summed E-state index contributed by atoms with van der Waals surface area (Å²) in [7, 11) is 3.09. The third-order valence-electron chi connectivity index (χ3n) is 6.78. The van der Waals surface area contributed by atoms with E-state index in [0.717, 1.165) is 18.4 Å². The number of carbonyl (C=O) groups is 1. The fourth-order valence-corrected chi connectivity index (χ4v) is 4.65. The summed E-state index contributed by atoms with van der Waals surface area (Å²) < 4.78 is 57.9. The van der Waals surface area contributed by atoms with Gasteiger partial charge < -0.3 is 30.0 Å². The Bertz CT molecular complexity index is 1400. The zero-order valence-electron chi connectivity index (χ0n) is 21.8. The number of nitrogens with zero attached hydrogens (tertiary/aromatic N) is 3. The van der Waals surface area contributed by atoms with Gasteiger partial charge in [-0.3, -0.25) is 9.69 Å². The Balaban J connectivity index is 1.41. The molecule has 5 rings (SSSR count). The van der Waals surface area contributed by atoms with E-state index in [-0.39, 0.29) is 29.4 Å². The van der Waals surface area contributed by atoms with E-state index in [2.05, 4.69) is 20.6 Å². The van der Waals surface area contributed by atoms with Crippen molar-refractivity contribution in [2.24, 2.45) is 0 Å². The number of hydrogen-bond donors (Lipinski definition) is 3. The first-order valence-corrected chi connectivity index (χ1v) is 12.6. The van der Waals surface area contributed by atoms with Crippen LogP contribution >= 0.6 is 0 Å². The first-order valence-electron chi connectivity index (χ1n) is 12.6. The minimum atomic E-state index is -4.79.